The minimum atomic E-state index is -0.377. The Bertz CT molecular complexity index is 372. The highest BCUT2D eigenvalue weighted by atomic mass is 16.3. The Hall–Kier alpha value is -1.09. The molecule has 0 aromatic carbocycles. The monoisotopic (exact) mass is 234 g/mol. The smallest absolute Gasteiger partial charge is 0.128 e. The van der Waals surface area contributed by atoms with Crippen LogP contribution in [-0.4, -0.2) is 23.2 Å². The Kier molecular flexibility index (Phi) is 4.00. The molecule has 94 valence electrons. The Morgan fingerprint density at radius 3 is 2.59 bits per heavy atom. The average molecular weight is 234 g/mol. The van der Waals surface area contributed by atoms with E-state index in [0.29, 0.717) is 0 Å². The minimum absolute atomic E-state index is 0.377. The fourth-order valence-corrected chi connectivity index (χ4v) is 2.43. The zero-order valence-corrected chi connectivity index (χ0v) is 10.8. The lowest BCUT2D eigenvalue weighted by atomic mass is 10.1. The molecule has 0 spiro atoms. The highest BCUT2D eigenvalue weighted by molar-refractivity contribution is 5.42. The molecule has 2 heterocycles. The van der Waals surface area contributed by atoms with Crippen LogP contribution in [0.5, 0.6) is 0 Å². The Morgan fingerprint density at radius 1 is 1.29 bits per heavy atom. The van der Waals surface area contributed by atoms with Crippen molar-refractivity contribution in [3.05, 3.63) is 23.4 Å². The highest BCUT2D eigenvalue weighted by Gasteiger charge is 2.15. The van der Waals surface area contributed by atoms with Crippen LogP contribution in [0, 0.1) is 6.92 Å². The third kappa shape index (κ3) is 2.78. The van der Waals surface area contributed by atoms with E-state index in [9.17, 15) is 5.11 Å². The average Bonchev–Trinajstić information content (AvgIpc) is 2.39. The number of pyridine rings is 1. The van der Waals surface area contributed by atoms with E-state index in [2.05, 4.69) is 9.88 Å². The molecular formula is C14H22N2O. The molecule has 1 aliphatic heterocycles. The van der Waals surface area contributed by atoms with Gasteiger partial charge in [-0.2, -0.15) is 0 Å². The van der Waals surface area contributed by atoms with E-state index in [-0.39, 0.29) is 6.10 Å². The van der Waals surface area contributed by atoms with Crippen LogP contribution in [0.1, 0.15) is 50.0 Å². The van der Waals surface area contributed by atoms with Crippen LogP contribution in [0.25, 0.3) is 0 Å². The van der Waals surface area contributed by atoms with E-state index < -0.39 is 0 Å². The van der Waals surface area contributed by atoms with Crippen LogP contribution in [0.2, 0.25) is 0 Å². The number of aliphatic hydroxyl groups is 1. The van der Waals surface area contributed by atoms with Gasteiger partial charge in [0.05, 0.1) is 6.10 Å². The standard InChI is InChI=1S/C14H22N2O/c1-3-13(17)12-7-8-14(15-11(12)2)16-9-5-4-6-10-16/h7-8,13,17H,3-6,9-10H2,1-2H3. The second-order valence-electron chi connectivity index (χ2n) is 4.82. The second kappa shape index (κ2) is 5.50. The van der Waals surface area contributed by atoms with Crippen LogP contribution in [-0.2, 0) is 0 Å². The number of hydrogen-bond donors (Lipinski definition) is 1. The first-order valence-corrected chi connectivity index (χ1v) is 6.63. The molecule has 0 saturated carbocycles. The van der Waals surface area contributed by atoms with Crippen LogP contribution < -0.4 is 4.90 Å². The predicted octanol–water partition coefficient (Wildman–Crippen LogP) is 2.82. The van der Waals surface area contributed by atoms with Crippen LogP contribution >= 0.6 is 0 Å². The summed E-state index contributed by atoms with van der Waals surface area (Å²) in [5.41, 5.74) is 1.93. The third-order valence-electron chi connectivity index (χ3n) is 3.54. The van der Waals surface area contributed by atoms with E-state index in [4.69, 9.17) is 0 Å². The van der Waals surface area contributed by atoms with Gasteiger partial charge in [0, 0.05) is 24.3 Å². The first kappa shape index (κ1) is 12.4. The lowest BCUT2D eigenvalue weighted by Gasteiger charge is -2.28. The quantitative estimate of drug-likeness (QED) is 0.873. The first-order valence-electron chi connectivity index (χ1n) is 6.63. The minimum Gasteiger partial charge on any atom is -0.388 e. The van der Waals surface area contributed by atoms with Crippen molar-refractivity contribution in [3.63, 3.8) is 0 Å². The zero-order valence-electron chi connectivity index (χ0n) is 10.8. The maximum Gasteiger partial charge on any atom is 0.128 e. The molecule has 17 heavy (non-hydrogen) atoms. The van der Waals surface area contributed by atoms with Gasteiger partial charge in [-0.15, -0.1) is 0 Å². The third-order valence-corrected chi connectivity index (χ3v) is 3.54. The van der Waals surface area contributed by atoms with Gasteiger partial charge in [0.2, 0.25) is 0 Å². The molecule has 3 nitrogen and oxygen atoms in total. The zero-order chi connectivity index (χ0) is 12.3. The van der Waals surface area contributed by atoms with Crippen LogP contribution in [0.15, 0.2) is 12.1 Å². The number of nitrogens with zero attached hydrogens (tertiary/aromatic N) is 2. The number of piperidine rings is 1. The summed E-state index contributed by atoms with van der Waals surface area (Å²) in [4.78, 5) is 6.98. The fourth-order valence-electron chi connectivity index (χ4n) is 2.43. The van der Waals surface area contributed by atoms with E-state index >= 15 is 0 Å². The SMILES string of the molecule is CCC(O)c1ccc(N2CCCCC2)nc1C. The number of rotatable bonds is 3. The molecule has 1 N–H and O–H groups in total. The summed E-state index contributed by atoms with van der Waals surface area (Å²) in [6.07, 6.45) is 4.23. The van der Waals surface area contributed by atoms with Crippen molar-refractivity contribution >= 4 is 5.82 Å². The molecule has 0 amide bonds. The largest absolute Gasteiger partial charge is 0.388 e. The summed E-state index contributed by atoms with van der Waals surface area (Å²) >= 11 is 0. The van der Waals surface area contributed by atoms with E-state index in [0.717, 1.165) is 36.6 Å². The molecule has 1 unspecified atom stereocenters. The van der Waals surface area contributed by atoms with Gasteiger partial charge < -0.3 is 10.0 Å². The number of aromatic nitrogens is 1. The summed E-state index contributed by atoms with van der Waals surface area (Å²) < 4.78 is 0. The molecule has 0 bridgehead atoms. The van der Waals surface area contributed by atoms with Crippen molar-refractivity contribution in [3.8, 4) is 0 Å². The van der Waals surface area contributed by atoms with Crippen molar-refractivity contribution in [2.24, 2.45) is 0 Å². The summed E-state index contributed by atoms with van der Waals surface area (Å²) in [6.45, 7) is 6.20. The molecule has 1 aromatic heterocycles. The molecule has 0 aliphatic carbocycles. The van der Waals surface area contributed by atoms with E-state index in [1.54, 1.807) is 0 Å². The van der Waals surface area contributed by atoms with Gasteiger partial charge in [-0.1, -0.05) is 13.0 Å². The van der Waals surface area contributed by atoms with Crippen molar-refractivity contribution in [1.82, 2.24) is 4.98 Å². The van der Waals surface area contributed by atoms with Gasteiger partial charge >= 0.3 is 0 Å². The lowest BCUT2D eigenvalue weighted by molar-refractivity contribution is 0.172. The van der Waals surface area contributed by atoms with Gasteiger partial charge in [-0.3, -0.25) is 0 Å². The van der Waals surface area contributed by atoms with E-state index in [1.165, 1.54) is 19.3 Å². The molecule has 1 saturated heterocycles. The molecule has 1 aliphatic rings. The maximum absolute atomic E-state index is 9.86. The van der Waals surface area contributed by atoms with Crippen LogP contribution in [0.4, 0.5) is 5.82 Å². The molecule has 1 atom stereocenters. The van der Waals surface area contributed by atoms with E-state index in [1.807, 2.05) is 26.0 Å². The van der Waals surface area contributed by atoms with Crippen molar-refractivity contribution in [2.75, 3.05) is 18.0 Å². The fraction of sp³-hybridized carbons (Fsp3) is 0.643. The van der Waals surface area contributed by atoms with Crippen molar-refractivity contribution < 1.29 is 5.11 Å². The summed E-state index contributed by atoms with van der Waals surface area (Å²) in [5, 5.41) is 9.86. The molecule has 1 fully saturated rings. The topological polar surface area (TPSA) is 36.4 Å². The highest BCUT2D eigenvalue weighted by Crippen LogP contribution is 2.23. The normalized spacial score (nSPS) is 18.2. The van der Waals surface area contributed by atoms with Gasteiger partial charge in [-0.05, 0) is 38.7 Å². The van der Waals surface area contributed by atoms with Crippen molar-refractivity contribution in [2.45, 2.75) is 45.6 Å². The molecule has 2 rings (SSSR count). The first-order chi connectivity index (χ1) is 8.22. The molecule has 1 aromatic rings. The van der Waals surface area contributed by atoms with Gasteiger partial charge in [-0.25, -0.2) is 4.98 Å². The molecule has 3 heteroatoms. The van der Waals surface area contributed by atoms with Gasteiger partial charge in [0.25, 0.3) is 0 Å². The number of hydrogen-bond acceptors (Lipinski definition) is 3. The summed E-state index contributed by atoms with van der Waals surface area (Å²) in [7, 11) is 0. The summed E-state index contributed by atoms with van der Waals surface area (Å²) in [6, 6.07) is 4.08. The molecule has 0 radical (unpaired) electrons. The number of anilines is 1. The maximum atomic E-state index is 9.86. The van der Waals surface area contributed by atoms with Crippen molar-refractivity contribution in [1.29, 1.82) is 0 Å². The Labute approximate surface area is 103 Å². The Balaban J connectivity index is 2.17. The second-order valence-corrected chi connectivity index (χ2v) is 4.82. The molecular weight excluding hydrogens is 212 g/mol. The number of aliphatic hydroxyl groups excluding tert-OH is 1. The van der Waals surface area contributed by atoms with Crippen LogP contribution in [0.3, 0.4) is 0 Å². The Morgan fingerprint density at radius 2 is 2.00 bits per heavy atom. The summed E-state index contributed by atoms with van der Waals surface area (Å²) in [5.74, 6) is 1.06. The van der Waals surface area contributed by atoms with Gasteiger partial charge in [0.1, 0.15) is 5.82 Å². The predicted molar refractivity (Wildman–Crippen MR) is 70.3 cm³/mol. The number of aryl methyl sites for hydroxylation is 1. The lowest BCUT2D eigenvalue weighted by Crippen LogP contribution is -2.30. The van der Waals surface area contributed by atoms with Gasteiger partial charge in [0.15, 0.2) is 0 Å².